The molecule has 0 spiro atoms. The first kappa shape index (κ1) is 7.58. The minimum atomic E-state index is -4.07. The van der Waals surface area contributed by atoms with Crippen molar-refractivity contribution in [3.63, 3.8) is 0 Å². The Morgan fingerprint density at radius 3 is 2.25 bits per heavy atom. The van der Waals surface area contributed by atoms with Crippen molar-refractivity contribution in [2.24, 2.45) is 4.99 Å². The second-order valence-corrected chi connectivity index (χ2v) is 2.73. The van der Waals surface area contributed by atoms with Gasteiger partial charge in [0.05, 0.1) is 22.4 Å². The molecule has 0 bridgehead atoms. The second-order valence-electron chi connectivity index (χ2n) is 1.21. The summed E-state index contributed by atoms with van der Waals surface area (Å²) in [4.78, 5) is 3.19. The lowest BCUT2D eigenvalue weighted by Gasteiger charge is -2.01. The Labute approximate surface area is 48.0 Å². The Bertz CT molecular complexity index is 159. The highest BCUT2D eigenvalue weighted by Crippen LogP contribution is 1.79. The summed E-state index contributed by atoms with van der Waals surface area (Å²) in [5.74, 6) is -0.448. The van der Waals surface area contributed by atoms with Gasteiger partial charge in [-0.25, -0.2) is 8.42 Å². The van der Waals surface area contributed by atoms with Gasteiger partial charge in [-0.05, 0) is 6.72 Å². The van der Waals surface area contributed by atoms with Crippen LogP contribution in [0.15, 0.2) is 4.99 Å². The minimum Gasteiger partial charge on any atom is -0.748 e. The van der Waals surface area contributed by atoms with Gasteiger partial charge in [0, 0.05) is 0 Å². The Kier molecular flexibility index (Phi) is 2.64. The van der Waals surface area contributed by atoms with E-state index in [0.717, 1.165) is 0 Å². The molecule has 0 saturated heterocycles. The van der Waals surface area contributed by atoms with Crippen LogP contribution < -0.4 is 0 Å². The van der Waals surface area contributed by atoms with Gasteiger partial charge in [0.1, 0.15) is 0 Å². The molecular formula is C3H6NO3S-. The highest BCUT2D eigenvalue weighted by Gasteiger charge is 1.89. The average Bonchev–Trinajstić information content (AvgIpc) is 1.59. The van der Waals surface area contributed by atoms with Gasteiger partial charge in [-0.1, -0.05) is 0 Å². The van der Waals surface area contributed by atoms with Crippen LogP contribution in [0.3, 0.4) is 0 Å². The Morgan fingerprint density at radius 1 is 1.62 bits per heavy atom. The molecule has 48 valence electrons. The molecule has 0 amide bonds. The van der Waals surface area contributed by atoms with Crippen molar-refractivity contribution in [2.45, 2.75) is 0 Å². The summed E-state index contributed by atoms with van der Waals surface area (Å²) in [6.45, 7) is 3.00. The third-order valence-corrected chi connectivity index (χ3v) is 1.18. The van der Waals surface area contributed by atoms with E-state index in [1.807, 2.05) is 0 Å². The average molecular weight is 136 g/mol. The molecule has 0 atom stereocenters. The number of nitrogens with zero attached hydrogens (tertiary/aromatic N) is 1. The van der Waals surface area contributed by atoms with Gasteiger partial charge < -0.3 is 4.55 Å². The normalized spacial score (nSPS) is 11.1. The van der Waals surface area contributed by atoms with Crippen LogP contribution in [0.2, 0.25) is 0 Å². The first-order chi connectivity index (χ1) is 3.56. The van der Waals surface area contributed by atoms with Crippen LogP contribution in [0, 0.1) is 0 Å². The summed E-state index contributed by atoms with van der Waals surface area (Å²) in [5, 5.41) is 0. The van der Waals surface area contributed by atoms with Crippen molar-refractivity contribution in [1.29, 1.82) is 0 Å². The zero-order valence-electron chi connectivity index (χ0n) is 4.20. The van der Waals surface area contributed by atoms with Crippen LogP contribution in [-0.2, 0) is 10.1 Å². The molecule has 0 fully saturated rings. The zero-order chi connectivity index (χ0) is 6.62. The first-order valence-corrected chi connectivity index (χ1v) is 3.50. The van der Waals surface area contributed by atoms with Crippen molar-refractivity contribution < 1.29 is 13.0 Å². The predicted molar refractivity (Wildman–Crippen MR) is 29.0 cm³/mol. The van der Waals surface area contributed by atoms with Crippen LogP contribution in [0.1, 0.15) is 0 Å². The van der Waals surface area contributed by atoms with Crippen molar-refractivity contribution >= 4 is 16.8 Å². The fourth-order valence-electron chi connectivity index (χ4n) is 0.176. The Hall–Kier alpha value is -0.420. The molecule has 0 saturated carbocycles. The predicted octanol–water partition coefficient (Wildman–Crippen LogP) is -0.768. The summed E-state index contributed by atoms with van der Waals surface area (Å²) in [6.07, 6.45) is 0. The van der Waals surface area contributed by atoms with Crippen LogP contribution in [0.4, 0.5) is 0 Å². The molecule has 0 aliphatic rings. The molecule has 0 radical (unpaired) electrons. The number of rotatable bonds is 3. The molecule has 8 heavy (non-hydrogen) atoms. The van der Waals surface area contributed by atoms with Gasteiger partial charge in [-0.3, -0.25) is 4.99 Å². The molecule has 0 aromatic rings. The largest absolute Gasteiger partial charge is 0.748 e. The molecule has 0 aliphatic carbocycles. The maximum atomic E-state index is 9.75. The van der Waals surface area contributed by atoms with Crippen molar-refractivity contribution in [3.05, 3.63) is 0 Å². The molecule has 5 heteroatoms. The topological polar surface area (TPSA) is 69.6 Å². The highest BCUT2D eigenvalue weighted by atomic mass is 32.2. The zero-order valence-corrected chi connectivity index (χ0v) is 5.02. The Balaban J connectivity index is 3.57. The molecule has 0 heterocycles. The van der Waals surface area contributed by atoms with Crippen molar-refractivity contribution in [1.82, 2.24) is 0 Å². The molecule has 0 aliphatic heterocycles. The summed E-state index contributed by atoms with van der Waals surface area (Å²) >= 11 is 0. The Morgan fingerprint density at radius 2 is 2.12 bits per heavy atom. The number of hydrogen-bond donors (Lipinski definition) is 0. The van der Waals surface area contributed by atoms with Crippen molar-refractivity contribution in [3.8, 4) is 0 Å². The minimum absolute atomic E-state index is 0.00810. The van der Waals surface area contributed by atoms with Gasteiger partial charge in [-0.15, -0.1) is 0 Å². The van der Waals surface area contributed by atoms with E-state index in [1.54, 1.807) is 0 Å². The van der Waals surface area contributed by atoms with Crippen LogP contribution in [0.25, 0.3) is 0 Å². The molecule has 0 unspecified atom stereocenters. The summed E-state index contributed by atoms with van der Waals surface area (Å²) in [7, 11) is -4.07. The van der Waals surface area contributed by atoms with E-state index in [1.165, 1.54) is 0 Å². The molecule has 0 N–H and O–H groups in total. The van der Waals surface area contributed by atoms with E-state index in [9.17, 15) is 13.0 Å². The van der Waals surface area contributed by atoms with E-state index in [0.29, 0.717) is 0 Å². The number of hydrogen-bond acceptors (Lipinski definition) is 4. The first-order valence-electron chi connectivity index (χ1n) is 1.92. The van der Waals surface area contributed by atoms with Crippen LogP contribution in [-0.4, -0.2) is 32.0 Å². The van der Waals surface area contributed by atoms with Gasteiger partial charge in [0.2, 0.25) is 0 Å². The smallest absolute Gasteiger partial charge is 0.0964 e. The monoisotopic (exact) mass is 136 g/mol. The van der Waals surface area contributed by atoms with E-state index >= 15 is 0 Å². The van der Waals surface area contributed by atoms with E-state index in [4.69, 9.17) is 0 Å². The fourth-order valence-corrected chi connectivity index (χ4v) is 0.529. The maximum absolute atomic E-state index is 9.75. The van der Waals surface area contributed by atoms with Gasteiger partial charge in [0.25, 0.3) is 0 Å². The molecule has 0 rings (SSSR count). The SMILES string of the molecule is C=NCCS(=O)(=O)[O-]. The van der Waals surface area contributed by atoms with Crippen molar-refractivity contribution in [2.75, 3.05) is 12.3 Å². The van der Waals surface area contributed by atoms with Crippen LogP contribution in [0.5, 0.6) is 0 Å². The molecular weight excluding hydrogens is 130 g/mol. The fraction of sp³-hybridized carbons (Fsp3) is 0.667. The lowest BCUT2D eigenvalue weighted by atomic mass is 10.8. The number of aliphatic imine (C=N–C) groups is 1. The molecule has 4 nitrogen and oxygen atoms in total. The third-order valence-electron chi connectivity index (χ3n) is 0.499. The summed E-state index contributed by atoms with van der Waals surface area (Å²) in [6, 6.07) is 0. The van der Waals surface area contributed by atoms with Gasteiger partial charge in [-0.2, -0.15) is 0 Å². The highest BCUT2D eigenvalue weighted by molar-refractivity contribution is 7.85. The van der Waals surface area contributed by atoms with Crippen LogP contribution >= 0.6 is 0 Å². The van der Waals surface area contributed by atoms with Gasteiger partial charge >= 0.3 is 0 Å². The standard InChI is InChI=1S/C3H7NO3S/c1-4-2-3-8(5,6)7/h1-3H2,(H,5,6,7)/p-1. The summed E-state index contributed by atoms with van der Waals surface area (Å²) in [5.41, 5.74) is 0. The van der Waals surface area contributed by atoms with Gasteiger partial charge in [0.15, 0.2) is 0 Å². The van der Waals surface area contributed by atoms with E-state index in [2.05, 4.69) is 11.7 Å². The van der Waals surface area contributed by atoms with E-state index < -0.39 is 15.9 Å². The lowest BCUT2D eigenvalue weighted by molar-refractivity contribution is 0.463. The third kappa shape index (κ3) is 5.58. The summed E-state index contributed by atoms with van der Waals surface area (Å²) < 4.78 is 29.2. The molecule has 0 aromatic heterocycles. The quantitative estimate of drug-likeness (QED) is 0.378. The molecule has 0 aromatic carbocycles. The lowest BCUT2D eigenvalue weighted by Crippen LogP contribution is -2.06. The van der Waals surface area contributed by atoms with E-state index in [-0.39, 0.29) is 6.54 Å². The maximum Gasteiger partial charge on any atom is 0.0964 e. The second kappa shape index (κ2) is 2.78.